The van der Waals surface area contributed by atoms with Crippen molar-refractivity contribution in [3.63, 3.8) is 0 Å². The van der Waals surface area contributed by atoms with Crippen LogP contribution in [0.5, 0.6) is 0 Å². The predicted octanol–water partition coefficient (Wildman–Crippen LogP) is 4.32. The molecule has 0 heterocycles. The largest absolute Gasteiger partial charge is 0.207 e. The molecule has 0 bridgehead atoms. The van der Waals surface area contributed by atoms with Crippen LogP contribution in [0, 0.1) is 17.6 Å². The maximum atomic E-state index is 13.4. The van der Waals surface area contributed by atoms with Crippen LogP contribution in [0.15, 0.2) is 18.2 Å². The van der Waals surface area contributed by atoms with Crippen LogP contribution >= 0.6 is 15.9 Å². The van der Waals surface area contributed by atoms with Crippen LogP contribution in [0.1, 0.15) is 25.8 Å². The van der Waals surface area contributed by atoms with Crippen molar-refractivity contribution in [2.24, 2.45) is 5.92 Å². The van der Waals surface area contributed by atoms with Crippen molar-refractivity contribution >= 4 is 15.9 Å². The lowest BCUT2D eigenvalue weighted by Gasteiger charge is -2.17. The van der Waals surface area contributed by atoms with Gasteiger partial charge in [0.05, 0.1) is 0 Å². The molecule has 3 heteroatoms. The normalized spacial score (nSPS) is 15.0. The van der Waals surface area contributed by atoms with Gasteiger partial charge in [-0.2, -0.15) is 0 Å². The van der Waals surface area contributed by atoms with Crippen molar-refractivity contribution in [2.45, 2.75) is 31.5 Å². The number of halogens is 3. The second-order valence-electron chi connectivity index (χ2n) is 3.79. The fraction of sp³-hybridized carbons (Fsp3) is 0.500. The third-order valence-corrected chi connectivity index (χ3v) is 3.42. The lowest BCUT2D eigenvalue weighted by atomic mass is 9.94. The topological polar surface area (TPSA) is 0 Å². The zero-order chi connectivity index (χ0) is 11.4. The molecule has 0 amide bonds. The monoisotopic (exact) mass is 276 g/mol. The summed E-state index contributed by atoms with van der Waals surface area (Å²) in [6.07, 6.45) is 1.62. The van der Waals surface area contributed by atoms with Crippen molar-refractivity contribution in [2.75, 3.05) is 0 Å². The molecule has 0 aromatic heterocycles. The summed E-state index contributed by atoms with van der Waals surface area (Å²) in [6.45, 7) is 4.12. The predicted molar refractivity (Wildman–Crippen MR) is 62.2 cm³/mol. The highest BCUT2D eigenvalue weighted by Gasteiger charge is 2.15. The van der Waals surface area contributed by atoms with Gasteiger partial charge in [-0.3, -0.25) is 0 Å². The van der Waals surface area contributed by atoms with Crippen LogP contribution < -0.4 is 0 Å². The van der Waals surface area contributed by atoms with Crippen LogP contribution in [0.4, 0.5) is 8.78 Å². The summed E-state index contributed by atoms with van der Waals surface area (Å²) in [7, 11) is 0. The first-order valence-electron chi connectivity index (χ1n) is 5.12. The van der Waals surface area contributed by atoms with Gasteiger partial charge < -0.3 is 0 Å². The summed E-state index contributed by atoms with van der Waals surface area (Å²) in [5.41, 5.74) is 0.592. The Balaban J connectivity index is 2.79. The van der Waals surface area contributed by atoms with Crippen LogP contribution in [0.3, 0.4) is 0 Å². The highest BCUT2D eigenvalue weighted by Crippen LogP contribution is 2.22. The molecule has 15 heavy (non-hydrogen) atoms. The summed E-state index contributed by atoms with van der Waals surface area (Å²) in [4.78, 5) is 0.340. The van der Waals surface area contributed by atoms with E-state index in [0.29, 0.717) is 22.7 Å². The Morgan fingerprint density at radius 1 is 1.33 bits per heavy atom. The Bertz CT molecular complexity index is 323. The van der Waals surface area contributed by atoms with Crippen molar-refractivity contribution in [3.05, 3.63) is 35.4 Å². The number of alkyl halides is 1. The maximum absolute atomic E-state index is 13.4. The van der Waals surface area contributed by atoms with Gasteiger partial charge in [0.1, 0.15) is 11.6 Å². The van der Waals surface area contributed by atoms with Gasteiger partial charge in [0.2, 0.25) is 0 Å². The van der Waals surface area contributed by atoms with E-state index in [1.54, 1.807) is 0 Å². The van der Waals surface area contributed by atoms with E-state index in [4.69, 9.17) is 0 Å². The number of rotatable bonds is 4. The maximum Gasteiger partial charge on any atom is 0.129 e. The van der Waals surface area contributed by atoms with Gasteiger partial charge in [-0.15, -0.1) is 0 Å². The Kier molecular flexibility index (Phi) is 4.71. The van der Waals surface area contributed by atoms with E-state index in [1.807, 2.05) is 0 Å². The lowest BCUT2D eigenvalue weighted by molar-refractivity contribution is 0.488. The summed E-state index contributed by atoms with van der Waals surface area (Å²) >= 11 is 3.50. The quantitative estimate of drug-likeness (QED) is 0.719. The van der Waals surface area contributed by atoms with Gasteiger partial charge in [-0.1, -0.05) is 42.3 Å². The van der Waals surface area contributed by atoms with Gasteiger partial charge in [-0.05, 0) is 24.0 Å². The highest BCUT2D eigenvalue weighted by molar-refractivity contribution is 9.09. The van der Waals surface area contributed by atoms with Crippen LogP contribution in [0.2, 0.25) is 0 Å². The van der Waals surface area contributed by atoms with E-state index in [2.05, 4.69) is 29.8 Å². The van der Waals surface area contributed by atoms with E-state index in [0.717, 1.165) is 12.5 Å². The second kappa shape index (κ2) is 5.59. The highest BCUT2D eigenvalue weighted by atomic mass is 79.9. The molecule has 0 aliphatic heterocycles. The molecule has 2 atom stereocenters. The molecule has 84 valence electrons. The smallest absolute Gasteiger partial charge is 0.129 e. The average Bonchev–Trinajstić information content (AvgIpc) is 2.16. The zero-order valence-electron chi connectivity index (χ0n) is 8.93. The summed E-state index contributed by atoms with van der Waals surface area (Å²) in [5, 5.41) is 0. The van der Waals surface area contributed by atoms with Gasteiger partial charge in [-0.25, -0.2) is 8.78 Å². The molecular formula is C12H15BrF2. The van der Waals surface area contributed by atoms with Gasteiger partial charge >= 0.3 is 0 Å². The average molecular weight is 277 g/mol. The van der Waals surface area contributed by atoms with E-state index >= 15 is 0 Å². The zero-order valence-corrected chi connectivity index (χ0v) is 10.5. The minimum Gasteiger partial charge on any atom is -0.207 e. The molecule has 0 N–H and O–H groups in total. The Morgan fingerprint density at radius 2 is 2.00 bits per heavy atom. The first-order chi connectivity index (χ1) is 7.04. The molecule has 1 aromatic rings. The standard InChI is InChI=1S/C12H15BrF2/c1-3-9(8(2)13)6-10-4-5-11(14)7-12(10)15/h4-5,7-9H,3,6H2,1-2H3. The molecule has 0 fully saturated rings. The molecule has 0 radical (unpaired) electrons. The number of hydrogen-bond acceptors (Lipinski definition) is 0. The fourth-order valence-corrected chi connectivity index (χ4v) is 2.16. The van der Waals surface area contributed by atoms with Gasteiger partial charge in [0.15, 0.2) is 0 Å². The number of benzene rings is 1. The summed E-state index contributed by atoms with van der Waals surface area (Å²) in [6, 6.07) is 3.79. The van der Waals surface area contributed by atoms with Crippen LogP contribution in [0.25, 0.3) is 0 Å². The molecule has 1 rings (SSSR count). The molecule has 0 nitrogen and oxygen atoms in total. The minimum absolute atomic E-state index is 0.340. The Labute approximate surface area is 97.8 Å². The van der Waals surface area contributed by atoms with Crippen molar-refractivity contribution in [1.82, 2.24) is 0 Å². The molecule has 0 aliphatic carbocycles. The molecular weight excluding hydrogens is 262 g/mol. The Morgan fingerprint density at radius 3 is 2.47 bits per heavy atom. The fourth-order valence-electron chi connectivity index (χ4n) is 1.60. The van der Waals surface area contributed by atoms with E-state index in [1.165, 1.54) is 12.1 Å². The van der Waals surface area contributed by atoms with E-state index < -0.39 is 11.6 Å². The molecule has 1 aromatic carbocycles. The van der Waals surface area contributed by atoms with E-state index in [-0.39, 0.29) is 0 Å². The van der Waals surface area contributed by atoms with Crippen molar-refractivity contribution in [3.8, 4) is 0 Å². The van der Waals surface area contributed by atoms with Gasteiger partial charge in [0, 0.05) is 10.9 Å². The first-order valence-corrected chi connectivity index (χ1v) is 6.04. The molecule has 0 aliphatic rings. The first kappa shape index (κ1) is 12.6. The molecule has 2 unspecified atom stereocenters. The Hall–Kier alpha value is -0.440. The number of hydrogen-bond donors (Lipinski definition) is 0. The molecule has 0 saturated heterocycles. The van der Waals surface area contributed by atoms with Crippen molar-refractivity contribution in [1.29, 1.82) is 0 Å². The molecule has 0 spiro atoms. The minimum atomic E-state index is -0.517. The summed E-state index contributed by atoms with van der Waals surface area (Å²) in [5.74, 6) is -0.581. The molecule has 0 saturated carbocycles. The van der Waals surface area contributed by atoms with Crippen LogP contribution in [-0.4, -0.2) is 4.83 Å². The summed E-state index contributed by atoms with van der Waals surface area (Å²) < 4.78 is 26.0. The third-order valence-electron chi connectivity index (χ3n) is 2.67. The lowest BCUT2D eigenvalue weighted by Crippen LogP contribution is -2.13. The second-order valence-corrected chi connectivity index (χ2v) is 5.23. The van der Waals surface area contributed by atoms with E-state index in [9.17, 15) is 8.78 Å². The van der Waals surface area contributed by atoms with Crippen molar-refractivity contribution < 1.29 is 8.78 Å². The SMILES string of the molecule is CCC(Cc1ccc(F)cc1F)C(C)Br. The van der Waals surface area contributed by atoms with Crippen LogP contribution in [-0.2, 0) is 6.42 Å². The third kappa shape index (κ3) is 3.56. The van der Waals surface area contributed by atoms with Gasteiger partial charge in [0.25, 0.3) is 0 Å².